The van der Waals surface area contributed by atoms with E-state index in [1.165, 1.54) is 12.4 Å². The van der Waals surface area contributed by atoms with Gasteiger partial charge in [-0.3, -0.25) is 4.79 Å². The van der Waals surface area contributed by atoms with Gasteiger partial charge in [-0.2, -0.15) is 0 Å². The molecule has 0 bridgehead atoms. The second-order valence-electron chi connectivity index (χ2n) is 7.17. The van der Waals surface area contributed by atoms with Gasteiger partial charge in [-0.05, 0) is 47.1 Å². The number of hydrogen-bond donors (Lipinski definition) is 0. The zero-order valence-corrected chi connectivity index (χ0v) is 18.2. The Hall–Kier alpha value is -3.07. The molecule has 1 aromatic heterocycles. The van der Waals surface area contributed by atoms with Crippen LogP contribution in [-0.2, 0) is 0 Å². The van der Waals surface area contributed by atoms with Gasteiger partial charge < -0.3 is 14.5 Å². The molecule has 4 rings (SSSR count). The number of carbonyl (C=O) groups excluding carboxylic acids is 1. The average molecular weight is 489 g/mol. The molecule has 160 valence electrons. The van der Waals surface area contributed by atoms with Crippen molar-refractivity contribution >= 4 is 27.7 Å². The van der Waals surface area contributed by atoms with Gasteiger partial charge in [0.1, 0.15) is 17.9 Å². The SMILES string of the molecule is CC1CN(c2cc(Oc3ccc(F)c(F)c3)ncn2)CCN1C(=O)c1ccccc1Br. The lowest BCUT2D eigenvalue weighted by Gasteiger charge is -2.40. The predicted octanol–water partition coefficient (Wildman–Crippen LogP) is 4.66. The fourth-order valence-electron chi connectivity index (χ4n) is 3.48. The lowest BCUT2D eigenvalue weighted by molar-refractivity contribution is 0.0672. The maximum atomic E-state index is 13.4. The van der Waals surface area contributed by atoms with Crippen molar-refractivity contribution in [1.29, 1.82) is 0 Å². The zero-order chi connectivity index (χ0) is 22.0. The van der Waals surface area contributed by atoms with Gasteiger partial charge >= 0.3 is 0 Å². The molecule has 0 aliphatic carbocycles. The van der Waals surface area contributed by atoms with Crippen LogP contribution in [0.2, 0.25) is 0 Å². The molecule has 1 atom stereocenters. The van der Waals surface area contributed by atoms with Gasteiger partial charge in [0, 0.05) is 42.3 Å². The van der Waals surface area contributed by atoms with Gasteiger partial charge in [-0.25, -0.2) is 18.7 Å². The summed E-state index contributed by atoms with van der Waals surface area (Å²) in [6, 6.07) is 12.3. The van der Waals surface area contributed by atoms with Crippen molar-refractivity contribution in [2.75, 3.05) is 24.5 Å². The molecule has 0 radical (unpaired) electrons. The smallest absolute Gasteiger partial charge is 0.255 e. The Labute approximate surface area is 186 Å². The first kappa shape index (κ1) is 21.2. The van der Waals surface area contributed by atoms with Gasteiger partial charge in [0.2, 0.25) is 5.88 Å². The van der Waals surface area contributed by atoms with Crippen LogP contribution in [0.5, 0.6) is 11.6 Å². The molecule has 31 heavy (non-hydrogen) atoms. The molecule has 0 spiro atoms. The normalized spacial score (nSPS) is 16.3. The first-order chi connectivity index (χ1) is 14.9. The number of halogens is 3. The van der Waals surface area contributed by atoms with Crippen LogP contribution in [-0.4, -0.2) is 46.5 Å². The van der Waals surface area contributed by atoms with Gasteiger partial charge in [0.15, 0.2) is 11.6 Å². The van der Waals surface area contributed by atoms with Crippen LogP contribution in [0, 0.1) is 11.6 Å². The van der Waals surface area contributed by atoms with Crippen molar-refractivity contribution in [2.45, 2.75) is 13.0 Å². The highest BCUT2D eigenvalue weighted by Gasteiger charge is 2.29. The van der Waals surface area contributed by atoms with Crippen molar-refractivity contribution in [2.24, 2.45) is 0 Å². The van der Waals surface area contributed by atoms with Crippen LogP contribution >= 0.6 is 15.9 Å². The Kier molecular flexibility index (Phi) is 6.13. The van der Waals surface area contributed by atoms with Crippen LogP contribution < -0.4 is 9.64 Å². The Bertz CT molecular complexity index is 1110. The molecule has 6 nitrogen and oxygen atoms in total. The number of rotatable bonds is 4. The summed E-state index contributed by atoms with van der Waals surface area (Å²) in [5, 5.41) is 0. The van der Waals surface area contributed by atoms with Gasteiger partial charge in [-0.15, -0.1) is 0 Å². The molecule has 1 aliphatic rings. The fraction of sp³-hybridized carbons (Fsp3) is 0.227. The molecule has 2 heterocycles. The number of anilines is 1. The highest BCUT2D eigenvalue weighted by atomic mass is 79.9. The largest absolute Gasteiger partial charge is 0.439 e. The third-order valence-electron chi connectivity index (χ3n) is 5.06. The van der Waals surface area contributed by atoms with Crippen LogP contribution in [0.3, 0.4) is 0 Å². The van der Waals surface area contributed by atoms with E-state index in [4.69, 9.17) is 4.74 Å². The molecule has 1 unspecified atom stereocenters. The molecular weight excluding hydrogens is 470 g/mol. The minimum absolute atomic E-state index is 0.0235. The van der Waals surface area contributed by atoms with E-state index >= 15 is 0 Å². The van der Waals surface area contributed by atoms with Gasteiger partial charge in [0.05, 0.1) is 5.56 Å². The Morgan fingerprint density at radius 2 is 1.90 bits per heavy atom. The van der Waals surface area contributed by atoms with Gasteiger partial charge in [0.25, 0.3) is 5.91 Å². The van der Waals surface area contributed by atoms with E-state index in [2.05, 4.69) is 25.9 Å². The van der Waals surface area contributed by atoms with Crippen LogP contribution in [0.15, 0.2) is 59.3 Å². The first-order valence-corrected chi connectivity index (χ1v) is 10.5. The summed E-state index contributed by atoms with van der Waals surface area (Å²) in [7, 11) is 0. The maximum Gasteiger partial charge on any atom is 0.255 e. The van der Waals surface area contributed by atoms with E-state index in [0.717, 1.165) is 16.6 Å². The molecule has 1 fully saturated rings. The number of amides is 1. The molecular formula is C22H19BrF2N4O2. The van der Waals surface area contributed by atoms with E-state index in [1.807, 2.05) is 34.9 Å². The number of hydrogen-bond acceptors (Lipinski definition) is 5. The van der Waals surface area contributed by atoms with Crippen LogP contribution in [0.4, 0.5) is 14.6 Å². The van der Waals surface area contributed by atoms with Crippen molar-refractivity contribution in [3.05, 3.63) is 76.5 Å². The molecule has 1 amide bonds. The highest BCUT2D eigenvalue weighted by molar-refractivity contribution is 9.10. The van der Waals surface area contributed by atoms with Crippen LogP contribution in [0.25, 0.3) is 0 Å². The Balaban J connectivity index is 1.45. The lowest BCUT2D eigenvalue weighted by atomic mass is 10.1. The molecule has 3 aromatic rings. The molecule has 1 aliphatic heterocycles. The van der Waals surface area contributed by atoms with Crippen molar-refractivity contribution in [1.82, 2.24) is 14.9 Å². The zero-order valence-electron chi connectivity index (χ0n) is 16.6. The summed E-state index contributed by atoms with van der Waals surface area (Å²) in [6.07, 6.45) is 1.35. The van der Waals surface area contributed by atoms with E-state index in [0.29, 0.717) is 31.0 Å². The third kappa shape index (κ3) is 4.66. The third-order valence-corrected chi connectivity index (χ3v) is 5.75. The van der Waals surface area contributed by atoms with E-state index < -0.39 is 11.6 Å². The predicted molar refractivity (Wildman–Crippen MR) is 115 cm³/mol. The lowest BCUT2D eigenvalue weighted by Crippen LogP contribution is -2.54. The minimum atomic E-state index is -0.994. The van der Waals surface area contributed by atoms with Crippen LogP contribution in [0.1, 0.15) is 17.3 Å². The second kappa shape index (κ2) is 8.97. The number of ether oxygens (including phenoxy) is 1. The summed E-state index contributed by atoms with van der Waals surface area (Å²) in [6.45, 7) is 3.69. The number of benzene rings is 2. The summed E-state index contributed by atoms with van der Waals surface area (Å²) in [4.78, 5) is 25.2. The Morgan fingerprint density at radius 3 is 2.65 bits per heavy atom. The number of aromatic nitrogens is 2. The topological polar surface area (TPSA) is 58.6 Å². The fourth-order valence-corrected chi connectivity index (χ4v) is 3.93. The minimum Gasteiger partial charge on any atom is -0.439 e. The number of piperazine rings is 1. The van der Waals surface area contributed by atoms with E-state index in [9.17, 15) is 13.6 Å². The second-order valence-corrected chi connectivity index (χ2v) is 8.02. The summed E-state index contributed by atoms with van der Waals surface area (Å²) in [5.41, 5.74) is 0.632. The van der Waals surface area contributed by atoms with Crippen molar-refractivity contribution < 1.29 is 18.3 Å². The maximum absolute atomic E-state index is 13.4. The molecule has 0 N–H and O–H groups in total. The van der Waals surface area contributed by atoms with Crippen molar-refractivity contribution in [3.63, 3.8) is 0 Å². The molecule has 2 aromatic carbocycles. The summed E-state index contributed by atoms with van der Waals surface area (Å²) in [5.74, 6) is -0.973. The van der Waals surface area contributed by atoms with E-state index in [1.54, 1.807) is 12.1 Å². The molecule has 0 saturated carbocycles. The standard InChI is InChI=1S/C22H19BrF2N4O2/c1-14-12-28(8-9-29(14)22(30)16-4-2-3-5-17(16)23)20-11-21(27-13-26-20)31-15-6-7-18(24)19(25)10-15/h2-7,10-11,13-14H,8-9,12H2,1H3. The number of carbonyl (C=O) groups is 1. The Morgan fingerprint density at radius 1 is 1.10 bits per heavy atom. The molecule has 1 saturated heterocycles. The monoisotopic (exact) mass is 488 g/mol. The van der Waals surface area contributed by atoms with Gasteiger partial charge in [-0.1, -0.05) is 12.1 Å². The van der Waals surface area contributed by atoms with E-state index in [-0.39, 0.29) is 23.6 Å². The highest BCUT2D eigenvalue weighted by Crippen LogP contribution is 2.26. The quantitative estimate of drug-likeness (QED) is 0.534. The molecule has 9 heteroatoms. The van der Waals surface area contributed by atoms with Crippen molar-refractivity contribution in [3.8, 4) is 11.6 Å². The first-order valence-electron chi connectivity index (χ1n) is 9.68. The number of nitrogens with zero attached hydrogens (tertiary/aromatic N) is 4. The average Bonchev–Trinajstić information content (AvgIpc) is 2.76. The summed E-state index contributed by atoms with van der Waals surface area (Å²) >= 11 is 3.44. The summed E-state index contributed by atoms with van der Waals surface area (Å²) < 4.78 is 32.8.